The molecule has 0 aliphatic rings. The van der Waals surface area contributed by atoms with Gasteiger partial charge >= 0.3 is 12.5 Å². The molecule has 0 bridgehead atoms. The number of benzene rings is 1. The fourth-order valence-electron chi connectivity index (χ4n) is 3.73. The number of rotatable bonds is 9. The van der Waals surface area contributed by atoms with Crippen LogP contribution in [0.4, 0.5) is 8.78 Å². The van der Waals surface area contributed by atoms with Gasteiger partial charge in [0.25, 0.3) is 0 Å². The van der Waals surface area contributed by atoms with E-state index in [1.165, 1.54) is 11.2 Å². The number of aryl methyl sites for hydroxylation is 2. The number of esters is 1. The number of carbonyl (C=O) groups is 1. The molecular formula is C23H28F2N4O4S. The number of aromatic amines is 1. The summed E-state index contributed by atoms with van der Waals surface area (Å²) in [4.78, 5) is 15.0. The highest BCUT2D eigenvalue weighted by Crippen LogP contribution is 2.28. The van der Waals surface area contributed by atoms with Gasteiger partial charge in [0.2, 0.25) is 10.0 Å². The van der Waals surface area contributed by atoms with Gasteiger partial charge in [-0.2, -0.15) is 18.2 Å². The summed E-state index contributed by atoms with van der Waals surface area (Å²) in [5, 5.41) is 3.57. The fraction of sp³-hybridized carbons (Fsp3) is 0.391. The highest BCUT2D eigenvalue weighted by molar-refractivity contribution is 7.89. The van der Waals surface area contributed by atoms with Crippen LogP contribution in [0.1, 0.15) is 57.6 Å². The molecule has 0 fully saturated rings. The van der Waals surface area contributed by atoms with Gasteiger partial charge in [0, 0.05) is 18.8 Å². The number of hydrogen-bond donors (Lipinski definition) is 1. The number of nitrogens with zero attached hydrogens (tertiary/aromatic N) is 3. The summed E-state index contributed by atoms with van der Waals surface area (Å²) in [6.07, 6.45) is 0.944. The highest BCUT2D eigenvalue weighted by atomic mass is 32.2. The van der Waals surface area contributed by atoms with Crippen LogP contribution in [-0.4, -0.2) is 40.1 Å². The summed E-state index contributed by atoms with van der Waals surface area (Å²) in [7, 11) is -4.22. The molecule has 0 radical (unpaired) electrons. The molecule has 0 saturated heterocycles. The molecule has 0 atom stereocenters. The molecule has 11 heteroatoms. The van der Waals surface area contributed by atoms with Crippen LogP contribution >= 0.6 is 0 Å². The molecule has 0 aliphatic heterocycles. The molecule has 0 unspecified atom stereocenters. The molecule has 184 valence electrons. The largest absolute Gasteiger partial charge is 0.461 e. The van der Waals surface area contributed by atoms with Crippen molar-refractivity contribution in [2.75, 3.05) is 6.61 Å². The number of aromatic nitrogens is 3. The number of ether oxygens (including phenoxy) is 1. The van der Waals surface area contributed by atoms with Crippen molar-refractivity contribution < 1.29 is 26.7 Å². The van der Waals surface area contributed by atoms with Gasteiger partial charge in [-0.15, -0.1) is 0 Å². The minimum absolute atomic E-state index is 0.000706. The molecular weight excluding hydrogens is 466 g/mol. The zero-order valence-electron chi connectivity index (χ0n) is 19.7. The van der Waals surface area contributed by atoms with E-state index in [0.717, 1.165) is 17.3 Å². The molecule has 2 aromatic heterocycles. The third-order valence-corrected chi connectivity index (χ3v) is 7.58. The van der Waals surface area contributed by atoms with E-state index >= 15 is 0 Å². The predicted molar refractivity (Wildman–Crippen MR) is 122 cm³/mol. The third-order valence-electron chi connectivity index (χ3n) is 5.69. The molecule has 8 nitrogen and oxygen atoms in total. The van der Waals surface area contributed by atoms with E-state index in [1.807, 2.05) is 31.2 Å². The Bertz CT molecular complexity index is 1280. The van der Waals surface area contributed by atoms with Crippen molar-refractivity contribution in [3.05, 3.63) is 69.8 Å². The molecule has 3 aromatic rings. The van der Waals surface area contributed by atoms with Gasteiger partial charge < -0.3 is 9.72 Å². The standard InChI is InChI=1S/C23H28F2N4O4S/c1-6-33-22(30)21-15(3)19(16(4)27-21)13-28(12-18-9-7-14(2)8-10-18)34(31,32)20-11-26-29(17(20)5)23(24)25/h7-11,23,27H,6,12-13H2,1-5H3. The SMILES string of the molecule is CCOC(=O)c1[nH]c(C)c(CN(Cc2ccc(C)cc2)S(=O)(=O)c2cnn(C(F)F)c2C)c1C. The van der Waals surface area contributed by atoms with Crippen molar-refractivity contribution in [3.63, 3.8) is 0 Å². The van der Waals surface area contributed by atoms with Crippen molar-refractivity contribution >= 4 is 16.0 Å². The summed E-state index contributed by atoms with van der Waals surface area (Å²) < 4.78 is 60.5. The maximum Gasteiger partial charge on any atom is 0.355 e. The second-order valence-electron chi connectivity index (χ2n) is 8.02. The average Bonchev–Trinajstić information content (AvgIpc) is 3.30. The first-order valence-electron chi connectivity index (χ1n) is 10.7. The van der Waals surface area contributed by atoms with Crippen LogP contribution < -0.4 is 0 Å². The second kappa shape index (κ2) is 10.1. The predicted octanol–water partition coefficient (Wildman–Crippen LogP) is 4.41. The zero-order valence-corrected chi connectivity index (χ0v) is 20.5. The van der Waals surface area contributed by atoms with Crippen LogP contribution in [0.15, 0.2) is 35.4 Å². The lowest BCUT2D eigenvalue weighted by Gasteiger charge is -2.23. The van der Waals surface area contributed by atoms with Crippen molar-refractivity contribution in [1.82, 2.24) is 19.1 Å². The van der Waals surface area contributed by atoms with Crippen LogP contribution in [0.5, 0.6) is 0 Å². The average molecular weight is 495 g/mol. The minimum Gasteiger partial charge on any atom is -0.461 e. The van der Waals surface area contributed by atoms with Crippen LogP contribution in [0.2, 0.25) is 0 Å². The Labute approximate surface area is 197 Å². The number of halogens is 2. The molecule has 1 aromatic carbocycles. The number of alkyl halides is 2. The number of hydrogen-bond acceptors (Lipinski definition) is 5. The quantitative estimate of drug-likeness (QED) is 0.445. The van der Waals surface area contributed by atoms with Gasteiger partial charge in [0.15, 0.2) is 0 Å². The Kier molecular flexibility index (Phi) is 7.57. The smallest absolute Gasteiger partial charge is 0.355 e. The molecule has 0 aliphatic carbocycles. The maximum atomic E-state index is 13.7. The Hall–Kier alpha value is -3.05. The lowest BCUT2D eigenvalue weighted by molar-refractivity contribution is 0.0517. The van der Waals surface area contributed by atoms with E-state index in [9.17, 15) is 22.0 Å². The Morgan fingerprint density at radius 2 is 1.79 bits per heavy atom. The Morgan fingerprint density at radius 1 is 1.15 bits per heavy atom. The zero-order chi connectivity index (χ0) is 25.2. The summed E-state index contributed by atoms with van der Waals surface area (Å²) in [6, 6.07) is 7.36. The third kappa shape index (κ3) is 5.05. The van der Waals surface area contributed by atoms with Crippen molar-refractivity contribution in [1.29, 1.82) is 0 Å². The fourth-order valence-corrected chi connectivity index (χ4v) is 5.27. The van der Waals surface area contributed by atoms with Crippen LogP contribution in [0.25, 0.3) is 0 Å². The number of H-pyrrole nitrogens is 1. The Balaban J connectivity index is 2.07. The summed E-state index contributed by atoms with van der Waals surface area (Å²) >= 11 is 0. The lowest BCUT2D eigenvalue weighted by atomic mass is 10.1. The van der Waals surface area contributed by atoms with Crippen molar-refractivity contribution in [2.45, 2.75) is 59.2 Å². The van der Waals surface area contributed by atoms with Gasteiger partial charge in [-0.25, -0.2) is 17.9 Å². The first kappa shape index (κ1) is 25.6. The minimum atomic E-state index is -4.22. The van der Waals surface area contributed by atoms with Gasteiger partial charge in [0.05, 0.1) is 18.5 Å². The van der Waals surface area contributed by atoms with E-state index in [1.54, 1.807) is 20.8 Å². The van der Waals surface area contributed by atoms with Gasteiger partial charge in [-0.1, -0.05) is 29.8 Å². The van der Waals surface area contributed by atoms with Crippen LogP contribution in [-0.2, 0) is 27.8 Å². The summed E-state index contributed by atoms with van der Waals surface area (Å²) in [6.45, 7) is 5.52. The van der Waals surface area contributed by atoms with Crippen molar-refractivity contribution in [2.24, 2.45) is 0 Å². The molecule has 0 saturated carbocycles. The maximum absolute atomic E-state index is 13.7. The molecule has 0 amide bonds. The lowest BCUT2D eigenvalue weighted by Crippen LogP contribution is -2.31. The molecule has 34 heavy (non-hydrogen) atoms. The number of nitrogens with one attached hydrogen (secondary N) is 1. The summed E-state index contributed by atoms with van der Waals surface area (Å²) in [5.41, 5.74) is 3.64. The van der Waals surface area contributed by atoms with Gasteiger partial charge in [-0.3, -0.25) is 0 Å². The topological polar surface area (TPSA) is 97.3 Å². The molecule has 0 spiro atoms. The second-order valence-corrected chi connectivity index (χ2v) is 9.93. The number of sulfonamides is 1. The molecule has 1 N–H and O–H groups in total. The normalized spacial score (nSPS) is 12.0. The van der Waals surface area contributed by atoms with Crippen molar-refractivity contribution in [3.8, 4) is 0 Å². The monoisotopic (exact) mass is 494 g/mol. The van der Waals surface area contributed by atoms with E-state index in [0.29, 0.717) is 21.5 Å². The van der Waals surface area contributed by atoms with Gasteiger partial charge in [-0.05, 0) is 51.3 Å². The first-order valence-corrected chi connectivity index (χ1v) is 12.1. The molecule has 3 rings (SSSR count). The van der Waals surface area contributed by atoms with E-state index < -0.39 is 22.5 Å². The number of carbonyl (C=O) groups excluding carboxylic acids is 1. The molecule has 2 heterocycles. The summed E-state index contributed by atoms with van der Waals surface area (Å²) in [5.74, 6) is -0.531. The van der Waals surface area contributed by atoms with Crippen LogP contribution in [0.3, 0.4) is 0 Å². The first-order chi connectivity index (χ1) is 16.0. The van der Waals surface area contributed by atoms with E-state index in [4.69, 9.17) is 4.74 Å². The van der Waals surface area contributed by atoms with Crippen LogP contribution in [0, 0.1) is 27.7 Å². The van der Waals surface area contributed by atoms with E-state index in [-0.39, 0.29) is 36.0 Å². The highest BCUT2D eigenvalue weighted by Gasteiger charge is 2.32. The van der Waals surface area contributed by atoms with E-state index in [2.05, 4.69) is 10.1 Å². The van der Waals surface area contributed by atoms with Gasteiger partial charge in [0.1, 0.15) is 10.6 Å². The Morgan fingerprint density at radius 3 is 2.35 bits per heavy atom.